The lowest BCUT2D eigenvalue weighted by molar-refractivity contribution is 0.102. The van der Waals surface area contributed by atoms with Gasteiger partial charge in [0.05, 0.1) is 0 Å². The molecule has 0 aliphatic heterocycles. The summed E-state index contributed by atoms with van der Waals surface area (Å²) >= 11 is 5.67. The van der Waals surface area contributed by atoms with E-state index in [2.05, 4.69) is 20.3 Å². The Labute approximate surface area is 112 Å². The van der Waals surface area contributed by atoms with E-state index in [4.69, 9.17) is 22.1 Å². The van der Waals surface area contributed by atoms with Crippen molar-refractivity contribution in [3.05, 3.63) is 40.4 Å². The number of halogens is 1. The Kier molecular flexibility index (Phi) is 3.42. The Hall–Kier alpha value is -2.90. The highest BCUT2D eigenvalue weighted by Crippen LogP contribution is 2.11. The molecule has 0 radical (unpaired) electrons. The summed E-state index contributed by atoms with van der Waals surface area (Å²) < 4.78 is 0. The average molecular weight is 273 g/mol. The number of nitrogens with zero attached hydrogens (tertiary/aromatic N) is 4. The van der Waals surface area contributed by atoms with Crippen molar-refractivity contribution in [2.24, 2.45) is 0 Å². The van der Waals surface area contributed by atoms with Gasteiger partial charge in [-0.25, -0.2) is 9.97 Å². The molecule has 0 saturated heterocycles. The fourth-order valence-electron chi connectivity index (χ4n) is 1.32. The van der Waals surface area contributed by atoms with Gasteiger partial charge in [-0.3, -0.25) is 10.1 Å². The maximum Gasteiger partial charge on any atom is 0.258 e. The maximum atomic E-state index is 11.8. The van der Waals surface area contributed by atoms with Crippen LogP contribution in [0.4, 0.5) is 5.95 Å². The number of carbonyl (C=O) groups excluding carboxylic acids is 1. The fourth-order valence-corrected chi connectivity index (χ4v) is 1.49. The van der Waals surface area contributed by atoms with Crippen molar-refractivity contribution in [1.82, 2.24) is 15.0 Å². The zero-order valence-corrected chi connectivity index (χ0v) is 10.1. The van der Waals surface area contributed by atoms with Gasteiger partial charge in [0.2, 0.25) is 5.95 Å². The second kappa shape index (κ2) is 5.17. The van der Waals surface area contributed by atoms with Gasteiger partial charge in [0.25, 0.3) is 5.91 Å². The number of rotatable bonds is 2. The Morgan fingerprint density at radius 3 is 2.79 bits per heavy atom. The molecule has 2 aromatic rings. The number of hydrogen-bond acceptors (Lipinski definition) is 5. The quantitative estimate of drug-likeness (QED) is 0.802. The van der Waals surface area contributed by atoms with Crippen LogP contribution >= 0.6 is 11.6 Å². The summed E-state index contributed by atoms with van der Waals surface area (Å²) in [6, 6.07) is 6.37. The van der Waals surface area contributed by atoms with Crippen LogP contribution in [-0.2, 0) is 0 Å². The van der Waals surface area contributed by atoms with Gasteiger partial charge in [-0.15, -0.1) is 0 Å². The second-order valence-electron chi connectivity index (χ2n) is 3.35. The molecule has 0 saturated carbocycles. The monoisotopic (exact) mass is 272 g/mol. The predicted molar refractivity (Wildman–Crippen MR) is 65.2 cm³/mol. The van der Waals surface area contributed by atoms with Gasteiger partial charge >= 0.3 is 0 Å². The number of amides is 1. The van der Waals surface area contributed by atoms with E-state index in [0.717, 1.165) is 0 Å². The Morgan fingerprint density at radius 2 is 2.21 bits per heavy atom. The van der Waals surface area contributed by atoms with Crippen molar-refractivity contribution >= 4 is 23.5 Å². The third-order valence-electron chi connectivity index (χ3n) is 2.14. The third kappa shape index (κ3) is 2.68. The first-order valence-corrected chi connectivity index (χ1v) is 5.35. The lowest BCUT2D eigenvalue weighted by Crippen LogP contribution is -2.13. The Balaban J connectivity index is 2.23. The van der Waals surface area contributed by atoms with Crippen molar-refractivity contribution < 1.29 is 4.79 Å². The molecule has 0 aromatic carbocycles. The second-order valence-corrected chi connectivity index (χ2v) is 3.74. The topological polar surface area (TPSA) is 118 Å². The SMILES string of the molecule is N#Cc1nc(NC(=O)c2ccnc(Cl)c2)[nH]c1C#N. The van der Waals surface area contributed by atoms with Crippen molar-refractivity contribution in [2.75, 3.05) is 5.32 Å². The molecule has 8 heteroatoms. The highest BCUT2D eigenvalue weighted by Gasteiger charge is 2.13. The summed E-state index contributed by atoms with van der Waals surface area (Å²) in [5.41, 5.74) is 0.199. The van der Waals surface area contributed by atoms with Crippen LogP contribution in [0.5, 0.6) is 0 Å². The first kappa shape index (κ1) is 12.6. The molecule has 19 heavy (non-hydrogen) atoms. The maximum absolute atomic E-state index is 11.8. The molecule has 2 rings (SSSR count). The number of hydrogen-bond donors (Lipinski definition) is 2. The van der Waals surface area contributed by atoms with Gasteiger partial charge in [0.15, 0.2) is 11.4 Å². The summed E-state index contributed by atoms with van der Waals surface area (Å²) in [4.78, 5) is 21.9. The average Bonchev–Trinajstić information content (AvgIpc) is 2.80. The van der Waals surface area contributed by atoms with Crippen LogP contribution in [0.15, 0.2) is 18.3 Å². The van der Waals surface area contributed by atoms with E-state index in [1.807, 2.05) is 0 Å². The van der Waals surface area contributed by atoms with Gasteiger partial charge in [0, 0.05) is 11.8 Å². The number of aromatic nitrogens is 3. The van der Waals surface area contributed by atoms with E-state index in [1.165, 1.54) is 18.3 Å². The first-order valence-electron chi connectivity index (χ1n) is 4.97. The first-order chi connectivity index (χ1) is 9.13. The summed E-state index contributed by atoms with van der Waals surface area (Å²) in [5, 5.41) is 20.1. The summed E-state index contributed by atoms with van der Waals surface area (Å²) in [6.45, 7) is 0. The summed E-state index contributed by atoms with van der Waals surface area (Å²) in [5.74, 6) is -0.460. The molecule has 0 bridgehead atoms. The summed E-state index contributed by atoms with van der Waals surface area (Å²) in [7, 11) is 0. The van der Waals surface area contributed by atoms with Crippen LogP contribution in [0.1, 0.15) is 21.7 Å². The minimum atomic E-state index is -0.480. The minimum absolute atomic E-state index is 0.00874. The van der Waals surface area contributed by atoms with Crippen LogP contribution in [0.25, 0.3) is 0 Å². The number of anilines is 1. The fraction of sp³-hybridized carbons (Fsp3) is 0. The third-order valence-corrected chi connectivity index (χ3v) is 2.35. The number of pyridine rings is 1. The van der Waals surface area contributed by atoms with Gasteiger partial charge in [-0.2, -0.15) is 10.5 Å². The van der Waals surface area contributed by atoms with E-state index in [-0.39, 0.29) is 28.1 Å². The molecule has 92 valence electrons. The molecular formula is C11H5ClN6O. The Morgan fingerprint density at radius 1 is 1.42 bits per heavy atom. The molecule has 0 unspecified atom stereocenters. The molecule has 0 fully saturated rings. The molecule has 7 nitrogen and oxygen atoms in total. The Bertz CT molecular complexity index is 692. The van der Waals surface area contributed by atoms with E-state index >= 15 is 0 Å². The highest BCUT2D eigenvalue weighted by molar-refractivity contribution is 6.29. The lowest BCUT2D eigenvalue weighted by atomic mass is 10.2. The standard InChI is InChI=1S/C11H5ClN6O/c12-9-3-6(1-2-15-9)10(19)18-11-16-7(4-13)8(5-14)17-11/h1-3H,(H2,16,17,18,19). The minimum Gasteiger partial charge on any atom is -0.314 e. The van der Waals surface area contributed by atoms with Gasteiger partial charge in [-0.05, 0) is 12.1 Å². The highest BCUT2D eigenvalue weighted by atomic mass is 35.5. The largest absolute Gasteiger partial charge is 0.314 e. The van der Waals surface area contributed by atoms with Crippen molar-refractivity contribution in [1.29, 1.82) is 10.5 Å². The van der Waals surface area contributed by atoms with Crippen LogP contribution < -0.4 is 5.32 Å². The molecule has 2 N–H and O–H groups in total. The van der Waals surface area contributed by atoms with Gasteiger partial charge < -0.3 is 4.98 Å². The predicted octanol–water partition coefficient (Wildman–Crippen LogP) is 1.45. The van der Waals surface area contributed by atoms with Crippen LogP contribution in [0, 0.1) is 22.7 Å². The summed E-state index contributed by atoms with van der Waals surface area (Å²) in [6.07, 6.45) is 1.39. The van der Waals surface area contributed by atoms with Gasteiger partial charge in [-0.1, -0.05) is 11.6 Å². The van der Waals surface area contributed by atoms with E-state index in [1.54, 1.807) is 12.1 Å². The van der Waals surface area contributed by atoms with Crippen molar-refractivity contribution in [3.63, 3.8) is 0 Å². The number of H-pyrrole nitrogens is 1. The van der Waals surface area contributed by atoms with Gasteiger partial charge in [0.1, 0.15) is 17.3 Å². The van der Waals surface area contributed by atoms with E-state index < -0.39 is 5.91 Å². The smallest absolute Gasteiger partial charge is 0.258 e. The number of carbonyl (C=O) groups is 1. The van der Waals surface area contributed by atoms with Crippen molar-refractivity contribution in [3.8, 4) is 12.1 Å². The molecule has 0 spiro atoms. The van der Waals surface area contributed by atoms with Crippen LogP contribution in [0.2, 0.25) is 5.15 Å². The van der Waals surface area contributed by atoms with Crippen LogP contribution in [-0.4, -0.2) is 20.9 Å². The van der Waals surface area contributed by atoms with E-state index in [0.29, 0.717) is 0 Å². The lowest BCUT2D eigenvalue weighted by Gasteiger charge is -2.01. The van der Waals surface area contributed by atoms with E-state index in [9.17, 15) is 4.79 Å². The molecule has 0 aliphatic rings. The normalized spacial score (nSPS) is 9.42. The van der Waals surface area contributed by atoms with Crippen molar-refractivity contribution in [2.45, 2.75) is 0 Å². The molecule has 0 aliphatic carbocycles. The number of nitriles is 2. The molecular weight excluding hydrogens is 268 g/mol. The zero-order valence-electron chi connectivity index (χ0n) is 9.31. The molecule has 2 heterocycles. The number of imidazole rings is 1. The number of aromatic amines is 1. The molecule has 0 atom stereocenters. The molecule has 2 aromatic heterocycles. The molecule has 1 amide bonds. The van der Waals surface area contributed by atoms with Crippen LogP contribution in [0.3, 0.4) is 0 Å². The number of nitrogens with one attached hydrogen (secondary N) is 2. The zero-order chi connectivity index (χ0) is 13.8.